The Kier molecular flexibility index (Phi) is 9.99. The average molecular weight is 559 g/mol. The van der Waals surface area contributed by atoms with Crippen LogP contribution in [0.2, 0.25) is 0 Å². The van der Waals surface area contributed by atoms with Crippen molar-refractivity contribution >= 4 is 54.4 Å². The monoisotopic (exact) mass is 558 g/mol. The van der Waals surface area contributed by atoms with Gasteiger partial charge in [-0.25, -0.2) is 0 Å². The first kappa shape index (κ1) is 29.5. The first-order valence-corrected chi connectivity index (χ1v) is 13.3. The van der Waals surface area contributed by atoms with Crippen molar-refractivity contribution < 1.29 is 29.7 Å². The zero-order valence-corrected chi connectivity index (χ0v) is 22.8. The van der Waals surface area contributed by atoms with E-state index in [9.17, 15) is 14.4 Å². The average Bonchev–Trinajstić information content (AvgIpc) is 2.95. The molecule has 0 spiro atoms. The molecule has 0 aliphatic heterocycles. The number of benzene rings is 4. The molecule has 0 aliphatic rings. The number of aliphatic carboxylic acids is 3. The maximum absolute atomic E-state index is 11.0. The van der Waals surface area contributed by atoms with Crippen molar-refractivity contribution in [1.82, 2.24) is 0 Å². The number of carboxylic acids is 3. The molecule has 0 unspecified atom stereocenters. The van der Waals surface area contributed by atoms with Crippen molar-refractivity contribution in [3.63, 3.8) is 0 Å². The summed E-state index contributed by atoms with van der Waals surface area (Å²) in [6.07, 6.45) is 11.9. The van der Waals surface area contributed by atoms with Gasteiger partial charge in [-0.05, 0) is 68.3 Å². The van der Waals surface area contributed by atoms with Gasteiger partial charge in [0.1, 0.15) is 0 Å². The van der Waals surface area contributed by atoms with Crippen molar-refractivity contribution in [3.8, 4) is 0 Å². The van der Waals surface area contributed by atoms with Crippen LogP contribution >= 0.6 is 0 Å². The lowest BCUT2D eigenvalue weighted by Gasteiger charge is -2.04. The van der Waals surface area contributed by atoms with E-state index in [0.717, 1.165) is 50.1 Å². The summed E-state index contributed by atoms with van der Waals surface area (Å²) in [5, 5.41) is 27.0. The Morgan fingerprint density at radius 3 is 0.810 bits per heavy atom. The molecule has 0 aromatic heterocycles. The molecule has 42 heavy (non-hydrogen) atoms. The molecular weight excluding hydrogens is 528 g/mol. The van der Waals surface area contributed by atoms with Gasteiger partial charge in [0.15, 0.2) is 0 Å². The minimum atomic E-state index is -0.865. The third-order valence-electron chi connectivity index (χ3n) is 6.41. The predicted molar refractivity (Wildman–Crippen MR) is 167 cm³/mol. The maximum Gasteiger partial charge on any atom is 0.307 e. The topological polar surface area (TPSA) is 112 Å². The zero-order chi connectivity index (χ0) is 29.9. The molecule has 0 aliphatic carbocycles. The van der Waals surface area contributed by atoms with Crippen LogP contribution in [-0.4, -0.2) is 33.2 Å². The van der Waals surface area contributed by atoms with Crippen LogP contribution in [-0.2, 0) is 33.6 Å². The van der Waals surface area contributed by atoms with Gasteiger partial charge in [0.25, 0.3) is 0 Å². The molecular formula is C36H30O6. The molecule has 4 aromatic carbocycles. The van der Waals surface area contributed by atoms with E-state index in [2.05, 4.69) is 18.2 Å². The molecule has 3 N–H and O–H groups in total. The standard InChI is InChI=1S/C36H30O6/c37-34(38)22-28-10-1-25(2-11-28)7-16-31-19-32(17-8-26-3-12-29(13-4-26)23-35(39)40)21-33(20-31)18-9-27-5-14-30(15-6-27)24-36(41)42/h1-21H,22-24H2,(H,37,38)(H,39,40)(H,41,42). The first-order chi connectivity index (χ1) is 20.2. The Hall–Kier alpha value is -5.49. The fraction of sp³-hybridized carbons (Fsp3) is 0.0833. The lowest BCUT2D eigenvalue weighted by molar-refractivity contribution is -0.137. The highest BCUT2D eigenvalue weighted by molar-refractivity contribution is 5.79. The van der Waals surface area contributed by atoms with Gasteiger partial charge < -0.3 is 15.3 Å². The molecule has 0 atom stereocenters. The van der Waals surface area contributed by atoms with E-state index in [-0.39, 0.29) is 19.3 Å². The molecule has 6 heteroatoms. The first-order valence-electron chi connectivity index (χ1n) is 13.3. The largest absolute Gasteiger partial charge is 0.481 e. The minimum absolute atomic E-state index is 0.0152. The fourth-order valence-corrected chi connectivity index (χ4v) is 4.33. The SMILES string of the molecule is O=C(O)Cc1ccc(C=Cc2cc(C=Cc3ccc(CC(=O)O)cc3)cc(C=Cc3ccc(CC(=O)O)cc3)c2)cc1. The molecule has 0 radical (unpaired) electrons. The third-order valence-corrected chi connectivity index (χ3v) is 6.41. The lowest BCUT2D eigenvalue weighted by atomic mass is 10.0. The maximum atomic E-state index is 11.0. The minimum Gasteiger partial charge on any atom is -0.481 e. The number of rotatable bonds is 12. The molecule has 6 nitrogen and oxygen atoms in total. The summed E-state index contributed by atoms with van der Waals surface area (Å²) < 4.78 is 0. The second-order valence-electron chi connectivity index (χ2n) is 9.87. The van der Waals surface area contributed by atoms with Gasteiger partial charge in [-0.1, -0.05) is 109 Å². The van der Waals surface area contributed by atoms with Crippen molar-refractivity contribution in [2.45, 2.75) is 19.3 Å². The smallest absolute Gasteiger partial charge is 0.307 e. The van der Waals surface area contributed by atoms with Crippen molar-refractivity contribution in [1.29, 1.82) is 0 Å². The highest BCUT2D eigenvalue weighted by Crippen LogP contribution is 2.20. The summed E-state index contributed by atoms with van der Waals surface area (Å²) in [5.74, 6) is -2.59. The van der Waals surface area contributed by atoms with Gasteiger partial charge in [-0.3, -0.25) is 14.4 Å². The van der Waals surface area contributed by atoms with Gasteiger partial charge in [-0.15, -0.1) is 0 Å². The Balaban J connectivity index is 1.58. The van der Waals surface area contributed by atoms with E-state index in [4.69, 9.17) is 15.3 Å². The van der Waals surface area contributed by atoms with E-state index < -0.39 is 17.9 Å². The molecule has 210 valence electrons. The van der Waals surface area contributed by atoms with Crippen LogP contribution in [0.4, 0.5) is 0 Å². The van der Waals surface area contributed by atoms with E-state index in [1.807, 2.05) is 109 Å². The molecule has 0 saturated heterocycles. The normalized spacial score (nSPS) is 11.4. The number of hydrogen-bond acceptors (Lipinski definition) is 3. The Morgan fingerprint density at radius 1 is 0.381 bits per heavy atom. The molecule has 0 bridgehead atoms. The lowest BCUT2D eigenvalue weighted by Crippen LogP contribution is -1.99. The Morgan fingerprint density at radius 2 is 0.595 bits per heavy atom. The van der Waals surface area contributed by atoms with Crippen LogP contribution in [0.5, 0.6) is 0 Å². The molecule has 4 aromatic rings. The molecule has 0 amide bonds. The van der Waals surface area contributed by atoms with Gasteiger partial charge >= 0.3 is 17.9 Å². The summed E-state index contributed by atoms with van der Waals surface area (Å²) in [5.41, 5.74) is 7.99. The van der Waals surface area contributed by atoms with E-state index in [1.54, 1.807) is 0 Å². The van der Waals surface area contributed by atoms with Gasteiger partial charge in [0, 0.05) is 0 Å². The van der Waals surface area contributed by atoms with E-state index in [0.29, 0.717) is 0 Å². The molecule has 0 saturated carbocycles. The van der Waals surface area contributed by atoms with Crippen LogP contribution in [0.1, 0.15) is 50.1 Å². The van der Waals surface area contributed by atoms with Crippen molar-refractivity contribution in [2.24, 2.45) is 0 Å². The summed E-state index contributed by atoms with van der Waals surface area (Å²) in [4.78, 5) is 32.9. The highest BCUT2D eigenvalue weighted by atomic mass is 16.4. The summed E-state index contributed by atoms with van der Waals surface area (Å²) in [6.45, 7) is 0. The number of carboxylic acid groups (broad SMARTS) is 3. The summed E-state index contributed by atoms with van der Waals surface area (Å²) in [7, 11) is 0. The van der Waals surface area contributed by atoms with Crippen LogP contribution in [0.25, 0.3) is 36.5 Å². The molecule has 0 fully saturated rings. The summed E-state index contributed by atoms with van der Waals surface area (Å²) in [6, 6.07) is 28.4. The van der Waals surface area contributed by atoms with Gasteiger partial charge in [-0.2, -0.15) is 0 Å². The van der Waals surface area contributed by atoms with Crippen LogP contribution in [0.3, 0.4) is 0 Å². The zero-order valence-electron chi connectivity index (χ0n) is 22.8. The molecule has 4 rings (SSSR count). The van der Waals surface area contributed by atoms with E-state index >= 15 is 0 Å². The Labute approximate surface area is 244 Å². The van der Waals surface area contributed by atoms with Crippen molar-refractivity contribution in [3.05, 3.63) is 141 Å². The second-order valence-corrected chi connectivity index (χ2v) is 9.87. The van der Waals surface area contributed by atoms with Crippen LogP contribution in [0.15, 0.2) is 91.0 Å². The van der Waals surface area contributed by atoms with Gasteiger partial charge in [0.05, 0.1) is 19.3 Å². The van der Waals surface area contributed by atoms with E-state index in [1.165, 1.54) is 0 Å². The number of carbonyl (C=O) groups is 3. The summed E-state index contributed by atoms with van der Waals surface area (Å²) >= 11 is 0. The Bertz CT molecular complexity index is 1430. The third kappa shape index (κ3) is 9.61. The predicted octanol–water partition coefficient (Wildman–Crippen LogP) is 7.08. The second kappa shape index (κ2) is 14.2. The highest BCUT2D eigenvalue weighted by Gasteiger charge is 2.02. The fourth-order valence-electron chi connectivity index (χ4n) is 4.33. The quantitative estimate of drug-likeness (QED) is 0.160. The van der Waals surface area contributed by atoms with Crippen LogP contribution in [0, 0.1) is 0 Å². The van der Waals surface area contributed by atoms with Crippen LogP contribution < -0.4 is 0 Å². The van der Waals surface area contributed by atoms with Crippen molar-refractivity contribution in [2.75, 3.05) is 0 Å². The van der Waals surface area contributed by atoms with Gasteiger partial charge in [0.2, 0.25) is 0 Å². The molecule has 0 heterocycles. The number of hydrogen-bond donors (Lipinski definition) is 3.